The zero-order valence-electron chi connectivity index (χ0n) is 18.8. The third-order valence-electron chi connectivity index (χ3n) is 6.83. The Morgan fingerprint density at radius 3 is 2.72 bits per heavy atom. The van der Waals surface area contributed by atoms with Crippen LogP contribution in [0, 0.1) is 5.82 Å². The first-order chi connectivity index (χ1) is 15.4. The molecule has 2 aromatic heterocycles. The van der Waals surface area contributed by atoms with Crippen LogP contribution in [0.3, 0.4) is 0 Å². The van der Waals surface area contributed by atoms with Crippen LogP contribution in [-0.2, 0) is 15.5 Å². The SMILES string of the molecule is CNc1nc2c(F)cccc2n1-c1nc(N2CCCCCC2C)cc(C2(S(C)=O)CC2)n1. The molecular weight excluding hydrogens is 427 g/mol. The fourth-order valence-electron chi connectivity index (χ4n) is 4.76. The summed E-state index contributed by atoms with van der Waals surface area (Å²) in [6, 6.07) is 7.27. The Hall–Kier alpha value is -2.55. The molecule has 2 unspecified atom stereocenters. The molecule has 0 spiro atoms. The fourth-order valence-corrected chi connectivity index (χ4v) is 5.83. The number of nitrogens with zero attached hydrogens (tertiary/aromatic N) is 5. The smallest absolute Gasteiger partial charge is 0.239 e. The molecule has 1 aliphatic heterocycles. The van der Waals surface area contributed by atoms with Gasteiger partial charge in [-0.1, -0.05) is 18.9 Å². The molecule has 0 radical (unpaired) electrons. The van der Waals surface area contributed by atoms with Crippen LogP contribution in [0.2, 0.25) is 0 Å². The van der Waals surface area contributed by atoms with Crippen molar-refractivity contribution >= 4 is 33.6 Å². The van der Waals surface area contributed by atoms with E-state index in [1.54, 1.807) is 23.9 Å². The van der Waals surface area contributed by atoms with E-state index in [9.17, 15) is 8.60 Å². The van der Waals surface area contributed by atoms with Gasteiger partial charge in [0.25, 0.3) is 0 Å². The summed E-state index contributed by atoms with van der Waals surface area (Å²) < 4.78 is 28.5. The van der Waals surface area contributed by atoms with Gasteiger partial charge in [0.15, 0.2) is 5.82 Å². The van der Waals surface area contributed by atoms with Crippen molar-refractivity contribution in [2.24, 2.45) is 0 Å². The summed E-state index contributed by atoms with van der Waals surface area (Å²) in [5.41, 5.74) is 1.68. The van der Waals surface area contributed by atoms with E-state index in [4.69, 9.17) is 9.97 Å². The summed E-state index contributed by atoms with van der Waals surface area (Å²) in [5, 5.41) is 3.06. The second kappa shape index (κ2) is 8.10. The van der Waals surface area contributed by atoms with Crippen molar-refractivity contribution in [3.8, 4) is 5.95 Å². The topological polar surface area (TPSA) is 75.9 Å². The number of hydrogen-bond acceptors (Lipinski definition) is 6. The molecule has 3 aromatic rings. The van der Waals surface area contributed by atoms with Crippen LogP contribution in [-0.4, -0.2) is 49.6 Å². The highest BCUT2D eigenvalue weighted by Crippen LogP contribution is 2.50. The average molecular weight is 457 g/mol. The lowest BCUT2D eigenvalue weighted by Gasteiger charge is -2.29. The third kappa shape index (κ3) is 3.46. The van der Waals surface area contributed by atoms with Gasteiger partial charge in [-0.3, -0.25) is 4.21 Å². The van der Waals surface area contributed by atoms with Crippen molar-refractivity contribution in [3.05, 3.63) is 35.8 Å². The number of fused-ring (bicyclic) bond motifs is 1. The number of rotatable bonds is 5. The van der Waals surface area contributed by atoms with Gasteiger partial charge >= 0.3 is 0 Å². The Labute approximate surface area is 189 Å². The Bertz CT molecular complexity index is 1190. The fraction of sp³-hybridized carbons (Fsp3) is 0.522. The molecule has 1 aliphatic carbocycles. The van der Waals surface area contributed by atoms with E-state index in [1.807, 2.05) is 12.1 Å². The maximum Gasteiger partial charge on any atom is 0.239 e. The van der Waals surface area contributed by atoms with Gasteiger partial charge in [-0.05, 0) is 44.7 Å². The number of nitrogens with one attached hydrogen (secondary N) is 1. The minimum atomic E-state index is -1.04. The molecular formula is C23H29FN6OS. The van der Waals surface area contributed by atoms with E-state index in [2.05, 4.69) is 22.1 Å². The lowest BCUT2D eigenvalue weighted by molar-refractivity contribution is 0.609. The zero-order valence-corrected chi connectivity index (χ0v) is 19.6. The standard InChI is InChI=1S/C23H29FN6OS/c1-15-8-5-4-6-13-29(15)19-14-18(23(11-12-23)32(3)31)26-22(27-19)30-17-10-7-9-16(24)20(17)28-21(30)25-2/h7,9-10,14-15H,4-6,8,11-13H2,1-3H3,(H,25,28). The first kappa shape index (κ1) is 21.3. The second-order valence-corrected chi connectivity index (χ2v) is 10.6. The normalized spacial score (nSPS) is 21.4. The van der Waals surface area contributed by atoms with Crippen LogP contribution in [0.4, 0.5) is 16.2 Å². The van der Waals surface area contributed by atoms with Gasteiger partial charge in [0.2, 0.25) is 11.9 Å². The lowest BCUT2D eigenvalue weighted by atomic mass is 10.1. The van der Waals surface area contributed by atoms with Crippen LogP contribution in [0.1, 0.15) is 51.1 Å². The van der Waals surface area contributed by atoms with Crippen LogP contribution in [0.5, 0.6) is 0 Å². The Balaban J connectivity index is 1.74. The minimum absolute atomic E-state index is 0.274. The zero-order chi connectivity index (χ0) is 22.5. The predicted molar refractivity (Wildman–Crippen MR) is 126 cm³/mol. The quantitative estimate of drug-likeness (QED) is 0.622. The van der Waals surface area contributed by atoms with Crippen molar-refractivity contribution in [1.82, 2.24) is 19.5 Å². The molecule has 2 fully saturated rings. The van der Waals surface area contributed by atoms with Crippen molar-refractivity contribution < 1.29 is 8.60 Å². The highest BCUT2D eigenvalue weighted by Gasteiger charge is 2.50. The van der Waals surface area contributed by atoms with E-state index in [0.29, 0.717) is 23.5 Å². The van der Waals surface area contributed by atoms with E-state index >= 15 is 0 Å². The Morgan fingerprint density at radius 1 is 1.19 bits per heavy atom. The summed E-state index contributed by atoms with van der Waals surface area (Å²) in [6.07, 6.45) is 8.10. The van der Waals surface area contributed by atoms with Gasteiger partial charge in [-0.2, -0.15) is 4.98 Å². The summed E-state index contributed by atoms with van der Waals surface area (Å²) in [4.78, 5) is 16.6. The van der Waals surface area contributed by atoms with Crippen molar-refractivity contribution in [3.63, 3.8) is 0 Å². The largest absolute Gasteiger partial charge is 0.358 e. The van der Waals surface area contributed by atoms with E-state index < -0.39 is 15.5 Å². The lowest BCUT2D eigenvalue weighted by Crippen LogP contribution is -2.34. The molecule has 0 bridgehead atoms. The predicted octanol–water partition coefficient (Wildman–Crippen LogP) is 4.13. The molecule has 1 saturated heterocycles. The van der Waals surface area contributed by atoms with E-state index in [0.717, 1.165) is 43.7 Å². The van der Waals surface area contributed by atoms with Gasteiger partial charge < -0.3 is 10.2 Å². The molecule has 1 saturated carbocycles. The van der Waals surface area contributed by atoms with Crippen LogP contribution < -0.4 is 10.2 Å². The molecule has 2 aliphatic rings. The minimum Gasteiger partial charge on any atom is -0.358 e. The molecule has 7 nitrogen and oxygen atoms in total. The molecule has 0 amide bonds. The molecule has 32 heavy (non-hydrogen) atoms. The van der Waals surface area contributed by atoms with Gasteiger partial charge in [0.05, 0.1) is 16.0 Å². The number of anilines is 2. The number of halogens is 1. The van der Waals surface area contributed by atoms with Crippen molar-refractivity contribution in [2.75, 3.05) is 30.1 Å². The number of imidazole rings is 1. The van der Waals surface area contributed by atoms with E-state index in [1.165, 1.54) is 18.9 Å². The monoisotopic (exact) mass is 456 g/mol. The van der Waals surface area contributed by atoms with Crippen LogP contribution in [0.15, 0.2) is 24.3 Å². The first-order valence-electron chi connectivity index (χ1n) is 11.3. The van der Waals surface area contributed by atoms with E-state index in [-0.39, 0.29) is 11.3 Å². The maximum atomic E-state index is 14.5. The highest BCUT2D eigenvalue weighted by molar-refractivity contribution is 7.85. The van der Waals surface area contributed by atoms with Crippen LogP contribution >= 0.6 is 0 Å². The van der Waals surface area contributed by atoms with Crippen molar-refractivity contribution in [1.29, 1.82) is 0 Å². The number of para-hydroxylation sites is 1. The number of benzene rings is 1. The number of aromatic nitrogens is 4. The summed E-state index contributed by atoms with van der Waals surface area (Å²) in [7, 11) is 0.707. The summed E-state index contributed by atoms with van der Waals surface area (Å²) >= 11 is 0. The molecule has 3 heterocycles. The summed E-state index contributed by atoms with van der Waals surface area (Å²) in [5.74, 6) is 1.36. The maximum absolute atomic E-state index is 14.5. The highest BCUT2D eigenvalue weighted by atomic mass is 32.2. The first-order valence-corrected chi connectivity index (χ1v) is 12.9. The average Bonchev–Trinajstić information content (AvgIpc) is 3.54. The van der Waals surface area contributed by atoms with Crippen LogP contribution in [0.25, 0.3) is 17.0 Å². The van der Waals surface area contributed by atoms with Gasteiger partial charge in [-0.25, -0.2) is 18.9 Å². The second-order valence-electron chi connectivity index (χ2n) is 8.88. The molecule has 5 rings (SSSR count). The molecule has 1 N–H and O–H groups in total. The molecule has 2 atom stereocenters. The summed E-state index contributed by atoms with van der Waals surface area (Å²) in [6.45, 7) is 3.16. The number of hydrogen-bond donors (Lipinski definition) is 1. The van der Waals surface area contributed by atoms with Gasteiger partial charge in [0.1, 0.15) is 11.3 Å². The molecule has 170 valence electrons. The molecule has 1 aromatic carbocycles. The van der Waals surface area contributed by atoms with Gasteiger partial charge in [0, 0.05) is 42.8 Å². The van der Waals surface area contributed by atoms with Gasteiger partial charge in [-0.15, -0.1) is 0 Å². The third-order valence-corrected chi connectivity index (χ3v) is 8.55. The Kier molecular flexibility index (Phi) is 5.39. The molecule has 9 heteroatoms. The van der Waals surface area contributed by atoms with Crippen molar-refractivity contribution in [2.45, 2.75) is 56.2 Å². The Morgan fingerprint density at radius 2 is 2.00 bits per heavy atom.